The van der Waals surface area contributed by atoms with E-state index in [1.54, 1.807) is 6.92 Å². The lowest BCUT2D eigenvalue weighted by Gasteiger charge is -2.22. The summed E-state index contributed by atoms with van der Waals surface area (Å²) in [6.07, 6.45) is 1.24. The molecule has 2 aromatic rings. The van der Waals surface area contributed by atoms with Gasteiger partial charge in [-0.25, -0.2) is 4.39 Å². The molecule has 0 unspecified atom stereocenters. The van der Waals surface area contributed by atoms with Crippen LogP contribution in [0.25, 0.3) is 0 Å². The zero-order valence-electron chi connectivity index (χ0n) is 10.7. The first-order chi connectivity index (χ1) is 9.50. The predicted molar refractivity (Wildman–Crippen MR) is 71.1 cm³/mol. The monoisotopic (exact) mass is 299 g/mol. The van der Waals surface area contributed by atoms with Gasteiger partial charge in [-0.1, -0.05) is 6.07 Å². The van der Waals surface area contributed by atoms with Crippen LogP contribution in [0.5, 0.6) is 0 Å². The lowest BCUT2D eigenvalue weighted by atomic mass is 10.3. The van der Waals surface area contributed by atoms with Gasteiger partial charge in [0.15, 0.2) is 5.03 Å². The number of hydrogen-bond acceptors (Lipinski definition) is 4. The number of sulfonamides is 1. The Balaban J connectivity index is 2.51. The van der Waals surface area contributed by atoms with Gasteiger partial charge in [0.05, 0.1) is 18.5 Å². The maximum Gasteiger partial charge on any atom is 0.281 e. The molecule has 0 fully saturated rings. The summed E-state index contributed by atoms with van der Waals surface area (Å²) in [6, 6.07) is 5.30. The van der Waals surface area contributed by atoms with E-state index in [1.807, 2.05) is 0 Å². The quantitative estimate of drug-likeness (QED) is 0.870. The molecule has 0 aliphatic carbocycles. The van der Waals surface area contributed by atoms with Gasteiger partial charge in [0.25, 0.3) is 10.0 Å². The van der Waals surface area contributed by atoms with Crippen LogP contribution in [-0.2, 0) is 16.6 Å². The van der Waals surface area contributed by atoms with Crippen molar-refractivity contribution in [2.75, 3.05) is 10.8 Å². The van der Waals surface area contributed by atoms with Crippen molar-refractivity contribution < 1.29 is 17.9 Å². The van der Waals surface area contributed by atoms with Crippen LogP contribution in [0, 0.1) is 5.82 Å². The van der Waals surface area contributed by atoms with Crippen molar-refractivity contribution >= 4 is 15.7 Å². The Morgan fingerprint density at radius 1 is 1.45 bits per heavy atom. The third-order valence-electron chi connectivity index (χ3n) is 2.78. The minimum absolute atomic E-state index is 0.121. The van der Waals surface area contributed by atoms with E-state index in [4.69, 9.17) is 5.11 Å². The van der Waals surface area contributed by atoms with Gasteiger partial charge < -0.3 is 5.11 Å². The molecule has 0 amide bonds. The Labute approximate surface area is 115 Å². The highest BCUT2D eigenvalue weighted by Crippen LogP contribution is 2.24. The molecule has 1 aromatic heterocycles. The Kier molecular flexibility index (Phi) is 4.05. The number of H-pyrrole nitrogens is 1. The number of rotatable bonds is 5. The Morgan fingerprint density at radius 2 is 2.20 bits per heavy atom. The van der Waals surface area contributed by atoms with Crippen molar-refractivity contribution in [3.63, 3.8) is 0 Å². The molecule has 1 heterocycles. The molecule has 108 valence electrons. The standard InChI is InChI=1S/C12H14FN3O3S/c1-2-16(11-5-3-4-10(13)6-11)20(18,19)12-9(8-17)7-14-15-12/h3-7,17H,2,8H2,1H3,(H,14,15). The van der Waals surface area contributed by atoms with Gasteiger partial charge in [0, 0.05) is 12.1 Å². The molecule has 8 heteroatoms. The van der Waals surface area contributed by atoms with Gasteiger partial charge in [-0.2, -0.15) is 13.5 Å². The van der Waals surface area contributed by atoms with Crippen molar-refractivity contribution in [3.05, 3.63) is 41.8 Å². The Hall–Kier alpha value is -1.93. The van der Waals surface area contributed by atoms with Gasteiger partial charge in [0.2, 0.25) is 0 Å². The van der Waals surface area contributed by atoms with E-state index in [1.165, 1.54) is 24.4 Å². The molecule has 0 saturated carbocycles. The molecular formula is C12H14FN3O3S. The number of aliphatic hydroxyl groups excluding tert-OH is 1. The summed E-state index contributed by atoms with van der Waals surface area (Å²) in [4.78, 5) is 0. The summed E-state index contributed by atoms with van der Waals surface area (Å²) in [6.45, 7) is 1.30. The number of aliphatic hydroxyl groups is 1. The first-order valence-corrected chi connectivity index (χ1v) is 7.36. The molecule has 6 nitrogen and oxygen atoms in total. The smallest absolute Gasteiger partial charge is 0.281 e. The SMILES string of the molecule is CCN(c1cccc(F)c1)S(=O)(=O)c1[nH]ncc1CO. The molecule has 0 aliphatic heterocycles. The molecule has 0 spiro atoms. The lowest BCUT2D eigenvalue weighted by Crippen LogP contribution is -2.31. The van der Waals surface area contributed by atoms with Gasteiger partial charge in [-0.05, 0) is 25.1 Å². The van der Waals surface area contributed by atoms with Crippen molar-refractivity contribution in [2.45, 2.75) is 18.6 Å². The van der Waals surface area contributed by atoms with E-state index >= 15 is 0 Å². The molecule has 0 radical (unpaired) electrons. The van der Waals surface area contributed by atoms with E-state index in [-0.39, 0.29) is 22.8 Å². The zero-order chi connectivity index (χ0) is 14.8. The van der Waals surface area contributed by atoms with Crippen LogP contribution in [0.15, 0.2) is 35.5 Å². The van der Waals surface area contributed by atoms with Gasteiger partial charge >= 0.3 is 0 Å². The molecule has 0 bridgehead atoms. The fourth-order valence-electron chi connectivity index (χ4n) is 1.87. The second-order valence-electron chi connectivity index (χ2n) is 4.03. The maximum absolute atomic E-state index is 13.3. The predicted octanol–water partition coefficient (Wildman–Crippen LogP) is 1.26. The highest BCUT2D eigenvalue weighted by molar-refractivity contribution is 7.92. The molecule has 2 N–H and O–H groups in total. The third kappa shape index (κ3) is 2.52. The van der Waals surface area contributed by atoms with Gasteiger partial charge in [-0.15, -0.1) is 0 Å². The second-order valence-corrected chi connectivity index (χ2v) is 5.83. The average Bonchev–Trinajstić information content (AvgIpc) is 2.88. The van der Waals surface area contributed by atoms with E-state index in [0.29, 0.717) is 0 Å². The van der Waals surface area contributed by atoms with Crippen LogP contribution in [0.3, 0.4) is 0 Å². The van der Waals surface area contributed by atoms with E-state index in [2.05, 4.69) is 10.2 Å². The van der Waals surface area contributed by atoms with Crippen LogP contribution in [0.2, 0.25) is 0 Å². The number of hydrogen-bond donors (Lipinski definition) is 2. The van der Waals surface area contributed by atoms with E-state index in [9.17, 15) is 12.8 Å². The first-order valence-electron chi connectivity index (χ1n) is 5.92. The molecule has 20 heavy (non-hydrogen) atoms. The summed E-state index contributed by atoms with van der Waals surface area (Å²) in [5.74, 6) is -0.525. The van der Waals surface area contributed by atoms with Crippen LogP contribution < -0.4 is 4.31 Å². The van der Waals surface area contributed by atoms with Crippen LogP contribution in [0.4, 0.5) is 10.1 Å². The number of aromatic nitrogens is 2. The number of aromatic amines is 1. The fourth-order valence-corrected chi connectivity index (χ4v) is 3.44. The summed E-state index contributed by atoms with van der Waals surface area (Å²) in [7, 11) is -3.93. The average molecular weight is 299 g/mol. The maximum atomic E-state index is 13.3. The highest BCUT2D eigenvalue weighted by atomic mass is 32.2. The summed E-state index contributed by atoms with van der Waals surface area (Å²) in [5.41, 5.74) is 0.380. The van der Waals surface area contributed by atoms with E-state index in [0.717, 1.165) is 10.4 Å². The zero-order valence-corrected chi connectivity index (χ0v) is 11.6. The van der Waals surface area contributed by atoms with Crippen LogP contribution in [-0.4, -0.2) is 30.3 Å². The molecular weight excluding hydrogens is 285 g/mol. The van der Waals surface area contributed by atoms with Crippen LogP contribution in [0.1, 0.15) is 12.5 Å². The second kappa shape index (κ2) is 5.59. The van der Waals surface area contributed by atoms with Crippen molar-refractivity contribution in [1.29, 1.82) is 0 Å². The first kappa shape index (κ1) is 14.5. The van der Waals surface area contributed by atoms with Crippen molar-refractivity contribution in [3.8, 4) is 0 Å². The summed E-state index contributed by atoms with van der Waals surface area (Å²) < 4.78 is 39.4. The Bertz CT molecular complexity index is 699. The lowest BCUT2D eigenvalue weighted by molar-refractivity contribution is 0.278. The molecule has 0 atom stereocenters. The van der Waals surface area contributed by atoms with E-state index < -0.39 is 22.4 Å². The molecule has 0 aliphatic rings. The van der Waals surface area contributed by atoms with Gasteiger partial charge in [0.1, 0.15) is 5.82 Å². The molecule has 0 saturated heterocycles. The minimum atomic E-state index is -3.93. The Morgan fingerprint density at radius 3 is 2.80 bits per heavy atom. The summed E-state index contributed by atoms with van der Waals surface area (Å²) >= 11 is 0. The number of anilines is 1. The molecule has 1 aromatic carbocycles. The van der Waals surface area contributed by atoms with Gasteiger partial charge in [-0.3, -0.25) is 9.40 Å². The number of halogens is 1. The summed E-state index contributed by atoms with van der Waals surface area (Å²) in [5, 5.41) is 14.9. The molecule has 2 rings (SSSR count). The minimum Gasteiger partial charge on any atom is -0.392 e. The fraction of sp³-hybridized carbons (Fsp3) is 0.250. The number of benzene rings is 1. The highest BCUT2D eigenvalue weighted by Gasteiger charge is 2.28. The third-order valence-corrected chi connectivity index (χ3v) is 4.70. The number of nitrogens with zero attached hydrogens (tertiary/aromatic N) is 2. The number of nitrogens with one attached hydrogen (secondary N) is 1. The normalized spacial score (nSPS) is 11.6. The van der Waals surface area contributed by atoms with Crippen LogP contribution >= 0.6 is 0 Å². The van der Waals surface area contributed by atoms with Crippen molar-refractivity contribution in [1.82, 2.24) is 10.2 Å². The van der Waals surface area contributed by atoms with Crippen molar-refractivity contribution in [2.24, 2.45) is 0 Å². The topological polar surface area (TPSA) is 86.3 Å². The largest absolute Gasteiger partial charge is 0.392 e.